The first-order chi connectivity index (χ1) is 10.5. The van der Waals surface area contributed by atoms with E-state index in [1.54, 1.807) is 0 Å². The standard InChI is InChI=1S/C17H28ClN3O/c1-14(15-4-6-16(18)7-5-15)20(3)12-17(22)13-21-10-8-19(2)9-11-21/h4-7,14,17,22H,8-13H2,1-3H3. The summed E-state index contributed by atoms with van der Waals surface area (Å²) in [5, 5.41) is 11.1. The third-order valence-electron chi connectivity index (χ3n) is 4.58. The molecule has 1 aromatic carbocycles. The Labute approximate surface area is 139 Å². The van der Waals surface area contributed by atoms with Crippen molar-refractivity contribution in [1.29, 1.82) is 0 Å². The Morgan fingerprint density at radius 3 is 2.36 bits per heavy atom. The second-order valence-electron chi connectivity index (χ2n) is 6.42. The maximum Gasteiger partial charge on any atom is 0.0793 e. The lowest BCUT2D eigenvalue weighted by atomic mass is 10.1. The van der Waals surface area contributed by atoms with Crippen LogP contribution in [0, 0.1) is 0 Å². The maximum absolute atomic E-state index is 10.4. The molecule has 1 aliphatic rings. The number of rotatable bonds is 6. The van der Waals surface area contributed by atoms with Crippen LogP contribution in [0.1, 0.15) is 18.5 Å². The van der Waals surface area contributed by atoms with Gasteiger partial charge in [-0.15, -0.1) is 0 Å². The number of piperazine rings is 1. The molecule has 2 atom stereocenters. The fraction of sp³-hybridized carbons (Fsp3) is 0.647. The van der Waals surface area contributed by atoms with Crippen LogP contribution in [-0.4, -0.2) is 79.3 Å². The van der Waals surface area contributed by atoms with Gasteiger partial charge in [-0.05, 0) is 38.7 Å². The zero-order valence-corrected chi connectivity index (χ0v) is 14.6. The van der Waals surface area contributed by atoms with Crippen molar-refractivity contribution in [3.63, 3.8) is 0 Å². The highest BCUT2D eigenvalue weighted by molar-refractivity contribution is 6.30. The molecule has 0 radical (unpaired) electrons. The van der Waals surface area contributed by atoms with Gasteiger partial charge in [-0.25, -0.2) is 0 Å². The van der Waals surface area contributed by atoms with E-state index in [9.17, 15) is 5.11 Å². The number of likely N-dealkylation sites (N-methyl/N-ethyl adjacent to an activating group) is 2. The molecular weight excluding hydrogens is 298 g/mol. The Morgan fingerprint density at radius 1 is 1.18 bits per heavy atom. The van der Waals surface area contributed by atoms with Crippen LogP contribution in [0.25, 0.3) is 0 Å². The van der Waals surface area contributed by atoms with Crippen LogP contribution in [0.2, 0.25) is 5.02 Å². The molecule has 4 nitrogen and oxygen atoms in total. The average molecular weight is 326 g/mol. The lowest BCUT2D eigenvalue weighted by Crippen LogP contribution is -2.48. The van der Waals surface area contributed by atoms with E-state index >= 15 is 0 Å². The van der Waals surface area contributed by atoms with Gasteiger partial charge >= 0.3 is 0 Å². The van der Waals surface area contributed by atoms with Crippen LogP contribution >= 0.6 is 11.6 Å². The van der Waals surface area contributed by atoms with Crippen molar-refractivity contribution in [1.82, 2.24) is 14.7 Å². The quantitative estimate of drug-likeness (QED) is 0.866. The fourth-order valence-electron chi connectivity index (χ4n) is 2.87. The molecule has 0 bridgehead atoms. The number of hydrogen-bond donors (Lipinski definition) is 1. The van der Waals surface area contributed by atoms with Gasteiger partial charge in [0.25, 0.3) is 0 Å². The molecule has 5 heteroatoms. The molecule has 1 heterocycles. The van der Waals surface area contributed by atoms with E-state index in [2.05, 4.69) is 47.9 Å². The van der Waals surface area contributed by atoms with Crippen LogP contribution in [0.4, 0.5) is 0 Å². The van der Waals surface area contributed by atoms with Gasteiger partial charge in [0.15, 0.2) is 0 Å². The van der Waals surface area contributed by atoms with Crippen molar-refractivity contribution in [3.05, 3.63) is 34.9 Å². The van der Waals surface area contributed by atoms with Gasteiger partial charge in [-0.1, -0.05) is 23.7 Å². The minimum absolute atomic E-state index is 0.263. The minimum atomic E-state index is -0.317. The largest absolute Gasteiger partial charge is 0.390 e. The second-order valence-corrected chi connectivity index (χ2v) is 6.86. The van der Waals surface area contributed by atoms with E-state index < -0.39 is 0 Å². The number of aliphatic hydroxyl groups excluding tert-OH is 1. The molecular formula is C17H28ClN3O. The molecule has 1 saturated heterocycles. The summed E-state index contributed by atoms with van der Waals surface area (Å²) in [5.74, 6) is 0. The van der Waals surface area contributed by atoms with E-state index in [0.717, 1.165) is 37.7 Å². The molecule has 0 spiro atoms. The van der Waals surface area contributed by atoms with E-state index in [4.69, 9.17) is 11.6 Å². The van der Waals surface area contributed by atoms with Gasteiger partial charge < -0.3 is 10.0 Å². The first kappa shape index (κ1) is 17.7. The van der Waals surface area contributed by atoms with Crippen LogP contribution < -0.4 is 0 Å². The molecule has 1 N–H and O–H groups in total. The number of hydrogen-bond acceptors (Lipinski definition) is 4. The molecule has 2 unspecified atom stereocenters. The van der Waals surface area contributed by atoms with Crippen molar-refractivity contribution in [2.75, 3.05) is 53.4 Å². The van der Waals surface area contributed by atoms with Crippen molar-refractivity contribution in [2.24, 2.45) is 0 Å². The summed E-state index contributed by atoms with van der Waals surface area (Å²) in [6.45, 7) is 7.86. The van der Waals surface area contributed by atoms with E-state index in [1.807, 2.05) is 12.1 Å². The van der Waals surface area contributed by atoms with Gasteiger partial charge in [0.2, 0.25) is 0 Å². The Kier molecular flexibility index (Phi) is 6.66. The molecule has 0 saturated carbocycles. The summed E-state index contributed by atoms with van der Waals surface area (Å²) in [7, 11) is 4.21. The smallest absolute Gasteiger partial charge is 0.0793 e. The molecule has 0 aliphatic carbocycles. The summed E-state index contributed by atoms with van der Waals surface area (Å²) in [4.78, 5) is 6.88. The van der Waals surface area contributed by atoms with Gasteiger partial charge in [0.05, 0.1) is 6.10 Å². The summed E-state index contributed by atoms with van der Waals surface area (Å²) in [6, 6.07) is 8.20. The Hall–Kier alpha value is -0.650. The minimum Gasteiger partial charge on any atom is -0.390 e. The SMILES string of the molecule is CC(c1ccc(Cl)cc1)N(C)CC(O)CN1CCN(C)CC1. The summed E-state index contributed by atoms with van der Waals surface area (Å²) >= 11 is 5.94. The predicted molar refractivity (Wildman–Crippen MR) is 92.4 cm³/mol. The van der Waals surface area contributed by atoms with Crippen LogP contribution in [-0.2, 0) is 0 Å². The van der Waals surface area contributed by atoms with Crippen molar-refractivity contribution >= 4 is 11.6 Å². The van der Waals surface area contributed by atoms with Gasteiger partial charge in [0.1, 0.15) is 0 Å². The summed E-state index contributed by atoms with van der Waals surface area (Å²) in [5.41, 5.74) is 1.22. The molecule has 0 aromatic heterocycles. The van der Waals surface area contributed by atoms with Crippen LogP contribution in [0.5, 0.6) is 0 Å². The molecule has 1 aliphatic heterocycles. The van der Waals surface area contributed by atoms with Crippen LogP contribution in [0.15, 0.2) is 24.3 Å². The highest BCUT2D eigenvalue weighted by atomic mass is 35.5. The molecule has 2 rings (SSSR count). The van der Waals surface area contributed by atoms with E-state index in [0.29, 0.717) is 6.54 Å². The van der Waals surface area contributed by atoms with Gasteiger partial charge in [0, 0.05) is 50.3 Å². The van der Waals surface area contributed by atoms with Gasteiger partial charge in [-0.3, -0.25) is 9.80 Å². The van der Waals surface area contributed by atoms with Crippen molar-refractivity contribution < 1.29 is 5.11 Å². The first-order valence-corrected chi connectivity index (χ1v) is 8.38. The van der Waals surface area contributed by atoms with E-state index in [-0.39, 0.29) is 12.1 Å². The lowest BCUT2D eigenvalue weighted by molar-refractivity contribution is 0.0530. The number of aliphatic hydroxyl groups is 1. The fourth-order valence-corrected chi connectivity index (χ4v) is 3.00. The highest BCUT2D eigenvalue weighted by Crippen LogP contribution is 2.21. The summed E-state index contributed by atoms with van der Waals surface area (Å²) < 4.78 is 0. The first-order valence-electron chi connectivity index (χ1n) is 8.00. The van der Waals surface area contributed by atoms with Gasteiger partial charge in [-0.2, -0.15) is 0 Å². The average Bonchev–Trinajstić information content (AvgIpc) is 2.49. The van der Waals surface area contributed by atoms with Crippen LogP contribution in [0.3, 0.4) is 0 Å². The molecule has 0 amide bonds. The lowest BCUT2D eigenvalue weighted by Gasteiger charge is -2.35. The topological polar surface area (TPSA) is 30.0 Å². The van der Waals surface area contributed by atoms with Crippen molar-refractivity contribution in [2.45, 2.75) is 19.1 Å². The second kappa shape index (κ2) is 8.27. The number of nitrogens with zero attached hydrogens (tertiary/aromatic N) is 3. The monoisotopic (exact) mass is 325 g/mol. The molecule has 124 valence electrons. The third-order valence-corrected chi connectivity index (χ3v) is 4.83. The molecule has 1 aromatic rings. The number of benzene rings is 1. The Balaban J connectivity index is 1.80. The predicted octanol–water partition coefficient (Wildman–Crippen LogP) is 1.94. The Bertz CT molecular complexity index is 446. The molecule has 22 heavy (non-hydrogen) atoms. The van der Waals surface area contributed by atoms with Crippen molar-refractivity contribution in [3.8, 4) is 0 Å². The third kappa shape index (κ3) is 5.21. The normalized spacial score (nSPS) is 20.3. The maximum atomic E-state index is 10.4. The zero-order chi connectivity index (χ0) is 16.1. The highest BCUT2D eigenvalue weighted by Gasteiger charge is 2.20. The number of β-amino-alcohol motifs (C(OH)–C–C–N with tert-alkyl or cyclic N) is 1. The molecule has 1 fully saturated rings. The zero-order valence-electron chi connectivity index (χ0n) is 13.9. The summed E-state index contributed by atoms with van der Waals surface area (Å²) in [6.07, 6.45) is -0.317. The number of halogens is 1. The van der Waals surface area contributed by atoms with E-state index in [1.165, 1.54) is 5.56 Å². The Morgan fingerprint density at radius 2 is 1.77 bits per heavy atom.